The molecule has 0 spiro atoms. The number of ether oxygens (including phenoxy) is 1. The van der Waals surface area contributed by atoms with Crippen molar-refractivity contribution in [2.45, 2.75) is 11.8 Å². The molecular formula is C21H18N2O6S. The lowest BCUT2D eigenvalue weighted by molar-refractivity contribution is -0.385. The van der Waals surface area contributed by atoms with Gasteiger partial charge in [0.25, 0.3) is 21.6 Å². The van der Waals surface area contributed by atoms with Crippen molar-refractivity contribution in [2.24, 2.45) is 0 Å². The summed E-state index contributed by atoms with van der Waals surface area (Å²) >= 11 is 0. The molecule has 0 unspecified atom stereocenters. The lowest BCUT2D eigenvalue weighted by Crippen LogP contribution is -2.37. The molecule has 30 heavy (non-hydrogen) atoms. The Bertz CT molecular complexity index is 1190. The van der Waals surface area contributed by atoms with Gasteiger partial charge in [0.15, 0.2) is 0 Å². The number of anilines is 1. The van der Waals surface area contributed by atoms with Gasteiger partial charge in [0.2, 0.25) is 0 Å². The van der Waals surface area contributed by atoms with Gasteiger partial charge < -0.3 is 4.74 Å². The Kier molecular flexibility index (Phi) is 5.84. The Morgan fingerprint density at radius 2 is 1.63 bits per heavy atom. The minimum atomic E-state index is -4.29. The van der Waals surface area contributed by atoms with E-state index in [-0.39, 0.29) is 21.8 Å². The van der Waals surface area contributed by atoms with E-state index >= 15 is 0 Å². The highest BCUT2D eigenvalue weighted by atomic mass is 32.2. The Balaban J connectivity index is 2.18. The van der Waals surface area contributed by atoms with Crippen LogP contribution >= 0.6 is 0 Å². The molecule has 3 aromatic carbocycles. The fourth-order valence-corrected chi connectivity index (χ4v) is 4.27. The minimum absolute atomic E-state index is 0.0767. The first-order valence-electron chi connectivity index (χ1n) is 8.79. The lowest BCUT2D eigenvalue weighted by Gasteiger charge is -2.23. The summed E-state index contributed by atoms with van der Waals surface area (Å²) in [5.41, 5.74) is 0.0432. The van der Waals surface area contributed by atoms with Crippen LogP contribution in [0.25, 0.3) is 0 Å². The van der Waals surface area contributed by atoms with Gasteiger partial charge in [0.05, 0.1) is 22.6 Å². The third-order valence-electron chi connectivity index (χ3n) is 4.43. The molecule has 3 aromatic rings. The van der Waals surface area contributed by atoms with Crippen molar-refractivity contribution in [3.63, 3.8) is 0 Å². The van der Waals surface area contributed by atoms with E-state index < -0.39 is 20.9 Å². The van der Waals surface area contributed by atoms with Crippen LogP contribution in [0.1, 0.15) is 15.9 Å². The molecule has 0 aliphatic carbocycles. The van der Waals surface area contributed by atoms with Crippen molar-refractivity contribution < 1.29 is 22.9 Å². The summed E-state index contributed by atoms with van der Waals surface area (Å²) in [5.74, 6) is -0.429. The highest BCUT2D eigenvalue weighted by Crippen LogP contribution is 2.29. The predicted molar refractivity (Wildman–Crippen MR) is 111 cm³/mol. The van der Waals surface area contributed by atoms with E-state index in [2.05, 4.69) is 0 Å². The average molecular weight is 426 g/mol. The molecule has 0 N–H and O–H groups in total. The summed E-state index contributed by atoms with van der Waals surface area (Å²) < 4.78 is 32.4. The van der Waals surface area contributed by atoms with Crippen LogP contribution in [0.2, 0.25) is 0 Å². The number of methoxy groups -OCH3 is 1. The molecule has 3 rings (SSSR count). The van der Waals surface area contributed by atoms with Crippen LogP contribution in [-0.2, 0) is 10.0 Å². The highest BCUT2D eigenvalue weighted by molar-refractivity contribution is 7.93. The number of hydrogen-bond donors (Lipinski definition) is 0. The number of aryl methyl sites for hydroxylation is 1. The van der Waals surface area contributed by atoms with Crippen molar-refractivity contribution >= 4 is 27.3 Å². The molecule has 8 nitrogen and oxygen atoms in total. The molecule has 0 aromatic heterocycles. The third kappa shape index (κ3) is 4.01. The number of carbonyl (C=O) groups is 1. The highest BCUT2D eigenvalue weighted by Gasteiger charge is 2.32. The van der Waals surface area contributed by atoms with E-state index in [1.165, 1.54) is 62.6 Å². The summed E-state index contributed by atoms with van der Waals surface area (Å²) in [4.78, 5) is 23.9. The molecule has 0 bridgehead atoms. The fraction of sp³-hybridized carbons (Fsp3) is 0.0952. The topological polar surface area (TPSA) is 107 Å². The fourth-order valence-electron chi connectivity index (χ4n) is 2.84. The van der Waals surface area contributed by atoms with Crippen LogP contribution < -0.4 is 9.04 Å². The SMILES string of the molecule is COc1ccc(N(C(=O)c2ccc(C)c([N+](=O)[O-])c2)S(=O)(=O)c2ccccc2)cc1. The maximum Gasteiger partial charge on any atom is 0.273 e. The number of rotatable bonds is 6. The van der Waals surface area contributed by atoms with Crippen molar-refractivity contribution in [3.05, 3.63) is 94.0 Å². The van der Waals surface area contributed by atoms with Gasteiger partial charge in [-0.3, -0.25) is 14.9 Å². The third-order valence-corrected chi connectivity index (χ3v) is 6.15. The van der Waals surface area contributed by atoms with Crippen LogP contribution in [-0.4, -0.2) is 26.4 Å². The molecule has 0 fully saturated rings. The van der Waals surface area contributed by atoms with Crippen LogP contribution in [0.5, 0.6) is 5.75 Å². The molecule has 0 atom stereocenters. The van der Waals surface area contributed by atoms with Crippen molar-refractivity contribution in [3.8, 4) is 5.75 Å². The van der Waals surface area contributed by atoms with E-state index in [0.29, 0.717) is 15.6 Å². The second-order valence-electron chi connectivity index (χ2n) is 6.34. The van der Waals surface area contributed by atoms with Crippen molar-refractivity contribution in [1.29, 1.82) is 0 Å². The summed E-state index contributed by atoms with van der Waals surface area (Å²) in [6.07, 6.45) is 0. The van der Waals surface area contributed by atoms with E-state index in [1.807, 2.05) is 0 Å². The zero-order chi connectivity index (χ0) is 21.9. The average Bonchev–Trinajstić information content (AvgIpc) is 2.75. The molecule has 0 aliphatic heterocycles. The van der Waals surface area contributed by atoms with Crippen LogP contribution in [0, 0.1) is 17.0 Å². The molecule has 0 radical (unpaired) electrons. The Hall–Kier alpha value is -3.72. The van der Waals surface area contributed by atoms with Crippen LogP contribution in [0.4, 0.5) is 11.4 Å². The molecule has 154 valence electrons. The molecule has 0 saturated carbocycles. The quantitative estimate of drug-likeness (QED) is 0.436. The van der Waals surface area contributed by atoms with Gasteiger partial charge in [-0.05, 0) is 49.4 Å². The summed E-state index contributed by atoms with van der Waals surface area (Å²) in [5, 5.41) is 11.3. The van der Waals surface area contributed by atoms with Gasteiger partial charge >= 0.3 is 0 Å². The number of amides is 1. The first-order valence-corrected chi connectivity index (χ1v) is 10.2. The molecule has 0 saturated heterocycles. The number of carbonyl (C=O) groups excluding carboxylic acids is 1. The predicted octanol–water partition coefficient (Wildman–Crippen LogP) is 3.95. The molecule has 9 heteroatoms. The van der Waals surface area contributed by atoms with Gasteiger partial charge in [-0.25, -0.2) is 8.42 Å². The molecular weight excluding hydrogens is 408 g/mol. The Labute approximate surface area is 173 Å². The zero-order valence-electron chi connectivity index (χ0n) is 16.2. The maximum atomic E-state index is 13.3. The maximum absolute atomic E-state index is 13.3. The number of sulfonamides is 1. The summed E-state index contributed by atoms with van der Waals surface area (Å²) in [6.45, 7) is 1.54. The van der Waals surface area contributed by atoms with Gasteiger partial charge in [-0.2, -0.15) is 4.31 Å². The van der Waals surface area contributed by atoms with Crippen molar-refractivity contribution in [1.82, 2.24) is 0 Å². The van der Waals surface area contributed by atoms with E-state index in [0.717, 1.165) is 6.07 Å². The Morgan fingerprint density at radius 1 is 1.00 bits per heavy atom. The Morgan fingerprint density at radius 3 is 2.20 bits per heavy atom. The smallest absolute Gasteiger partial charge is 0.273 e. The van der Waals surface area contributed by atoms with E-state index in [1.54, 1.807) is 18.2 Å². The molecule has 0 heterocycles. The lowest BCUT2D eigenvalue weighted by atomic mass is 10.1. The number of nitrogens with zero attached hydrogens (tertiary/aromatic N) is 2. The number of nitro groups is 1. The summed E-state index contributed by atoms with van der Waals surface area (Å²) in [7, 11) is -2.83. The van der Waals surface area contributed by atoms with Crippen LogP contribution in [0.3, 0.4) is 0 Å². The van der Waals surface area contributed by atoms with Gasteiger partial charge in [-0.15, -0.1) is 0 Å². The number of nitro benzene ring substituents is 1. The molecule has 1 amide bonds. The largest absolute Gasteiger partial charge is 0.497 e. The van der Waals surface area contributed by atoms with Gasteiger partial charge in [-0.1, -0.05) is 24.3 Å². The van der Waals surface area contributed by atoms with E-state index in [9.17, 15) is 23.3 Å². The van der Waals surface area contributed by atoms with Gasteiger partial charge in [0, 0.05) is 17.2 Å². The monoisotopic (exact) mass is 426 g/mol. The van der Waals surface area contributed by atoms with Crippen molar-refractivity contribution in [2.75, 3.05) is 11.4 Å². The number of benzene rings is 3. The first kappa shape index (κ1) is 21.0. The van der Waals surface area contributed by atoms with E-state index in [4.69, 9.17) is 4.74 Å². The number of hydrogen-bond acceptors (Lipinski definition) is 6. The second-order valence-corrected chi connectivity index (χ2v) is 8.13. The molecule has 0 aliphatic rings. The zero-order valence-corrected chi connectivity index (χ0v) is 17.0. The normalized spacial score (nSPS) is 11.0. The van der Waals surface area contributed by atoms with Crippen LogP contribution in [0.15, 0.2) is 77.7 Å². The van der Waals surface area contributed by atoms with Gasteiger partial charge in [0.1, 0.15) is 5.75 Å². The standard InChI is InChI=1S/C21H18N2O6S/c1-15-8-9-16(14-20(15)23(25)26)21(24)22(17-10-12-18(29-2)13-11-17)30(27,28)19-6-4-3-5-7-19/h3-14H,1-2H3. The minimum Gasteiger partial charge on any atom is -0.497 e. The second kappa shape index (κ2) is 8.34. The first-order chi connectivity index (χ1) is 14.3. The summed E-state index contributed by atoms with van der Waals surface area (Å²) in [6, 6.07) is 17.2.